The van der Waals surface area contributed by atoms with E-state index in [-0.39, 0.29) is 6.04 Å². The molecule has 0 fully saturated rings. The number of hydrogen-bond donors (Lipinski definition) is 1. The summed E-state index contributed by atoms with van der Waals surface area (Å²) in [6.07, 6.45) is 4.33. The number of aromatic nitrogens is 1. The van der Waals surface area contributed by atoms with E-state index in [0.717, 1.165) is 12.0 Å². The van der Waals surface area contributed by atoms with E-state index >= 15 is 0 Å². The molecule has 0 saturated heterocycles. The van der Waals surface area contributed by atoms with Crippen molar-refractivity contribution in [1.82, 2.24) is 4.98 Å². The smallest absolute Gasteiger partial charge is 0.0665 e. The molecule has 0 bridgehead atoms. The standard InChI is InChI=1S/C10H12N2/c1-2-10(11)4-3-9-5-7-12-8-6-9/h5-8,10H,2,11H2,1H3. The van der Waals surface area contributed by atoms with E-state index in [1.54, 1.807) is 12.4 Å². The van der Waals surface area contributed by atoms with Gasteiger partial charge in [0.15, 0.2) is 0 Å². The minimum atomic E-state index is -0.0156. The van der Waals surface area contributed by atoms with Crippen molar-refractivity contribution in [1.29, 1.82) is 0 Å². The average molecular weight is 160 g/mol. The molecule has 2 N–H and O–H groups in total. The summed E-state index contributed by atoms with van der Waals surface area (Å²) in [5.74, 6) is 5.93. The summed E-state index contributed by atoms with van der Waals surface area (Å²) in [5.41, 5.74) is 6.60. The molecule has 2 nitrogen and oxygen atoms in total. The zero-order valence-electron chi connectivity index (χ0n) is 7.12. The third kappa shape index (κ3) is 2.73. The van der Waals surface area contributed by atoms with Gasteiger partial charge in [0.25, 0.3) is 0 Å². The van der Waals surface area contributed by atoms with E-state index in [1.165, 1.54) is 0 Å². The first kappa shape index (κ1) is 8.76. The largest absolute Gasteiger partial charge is 0.318 e. The van der Waals surface area contributed by atoms with E-state index in [9.17, 15) is 0 Å². The molecule has 62 valence electrons. The molecular weight excluding hydrogens is 148 g/mol. The summed E-state index contributed by atoms with van der Waals surface area (Å²) >= 11 is 0. The van der Waals surface area contributed by atoms with Gasteiger partial charge in [0.05, 0.1) is 6.04 Å². The van der Waals surface area contributed by atoms with Crippen LogP contribution in [0.3, 0.4) is 0 Å². The van der Waals surface area contributed by atoms with Gasteiger partial charge in [-0.1, -0.05) is 18.8 Å². The summed E-state index contributed by atoms with van der Waals surface area (Å²) in [6.45, 7) is 2.02. The first-order valence-corrected chi connectivity index (χ1v) is 4.00. The van der Waals surface area contributed by atoms with E-state index < -0.39 is 0 Å². The number of hydrogen-bond acceptors (Lipinski definition) is 2. The molecule has 12 heavy (non-hydrogen) atoms. The van der Waals surface area contributed by atoms with Crippen molar-refractivity contribution < 1.29 is 0 Å². The Morgan fingerprint density at radius 3 is 2.75 bits per heavy atom. The molecule has 1 rings (SSSR count). The lowest BCUT2D eigenvalue weighted by atomic mass is 10.2. The second-order valence-corrected chi connectivity index (χ2v) is 2.52. The van der Waals surface area contributed by atoms with Crippen LogP contribution in [0.25, 0.3) is 0 Å². The Morgan fingerprint density at radius 2 is 2.17 bits per heavy atom. The Bertz CT molecular complexity index is 282. The Kier molecular flexibility index (Phi) is 3.31. The lowest BCUT2D eigenvalue weighted by Gasteiger charge is -1.94. The van der Waals surface area contributed by atoms with Crippen molar-refractivity contribution in [2.24, 2.45) is 5.73 Å². The van der Waals surface area contributed by atoms with Crippen LogP contribution in [0.1, 0.15) is 18.9 Å². The normalized spacial score (nSPS) is 11.5. The fraction of sp³-hybridized carbons (Fsp3) is 0.300. The molecule has 1 aromatic heterocycles. The molecule has 0 aromatic carbocycles. The third-order valence-electron chi connectivity index (χ3n) is 1.52. The molecule has 0 spiro atoms. The lowest BCUT2D eigenvalue weighted by Crippen LogP contribution is -2.15. The number of rotatable bonds is 1. The number of nitrogens with zero attached hydrogens (tertiary/aromatic N) is 1. The van der Waals surface area contributed by atoms with Crippen LogP contribution in [0.2, 0.25) is 0 Å². The van der Waals surface area contributed by atoms with Crippen LogP contribution in [0, 0.1) is 11.8 Å². The number of nitrogens with two attached hydrogens (primary N) is 1. The van der Waals surface area contributed by atoms with Gasteiger partial charge in [-0.25, -0.2) is 0 Å². The van der Waals surface area contributed by atoms with Crippen molar-refractivity contribution >= 4 is 0 Å². The monoisotopic (exact) mass is 160 g/mol. The second kappa shape index (κ2) is 4.53. The van der Waals surface area contributed by atoms with Gasteiger partial charge in [0.2, 0.25) is 0 Å². The lowest BCUT2D eigenvalue weighted by molar-refractivity contribution is 0.806. The minimum Gasteiger partial charge on any atom is -0.318 e. The quantitative estimate of drug-likeness (QED) is 0.626. The van der Waals surface area contributed by atoms with Gasteiger partial charge >= 0.3 is 0 Å². The van der Waals surface area contributed by atoms with Crippen LogP contribution in [-0.2, 0) is 0 Å². The third-order valence-corrected chi connectivity index (χ3v) is 1.52. The van der Waals surface area contributed by atoms with Crippen molar-refractivity contribution in [3.63, 3.8) is 0 Å². The van der Waals surface area contributed by atoms with Gasteiger partial charge < -0.3 is 5.73 Å². The van der Waals surface area contributed by atoms with Crippen LogP contribution in [-0.4, -0.2) is 11.0 Å². The van der Waals surface area contributed by atoms with Gasteiger partial charge in [-0.2, -0.15) is 0 Å². The first-order chi connectivity index (χ1) is 5.83. The van der Waals surface area contributed by atoms with Crippen molar-refractivity contribution in [3.05, 3.63) is 30.1 Å². The van der Waals surface area contributed by atoms with Gasteiger partial charge in [0, 0.05) is 18.0 Å². The molecule has 1 heterocycles. The summed E-state index contributed by atoms with van der Waals surface area (Å²) in [5, 5.41) is 0. The highest BCUT2D eigenvalue weighted by atomic mass is 14.6. The maximum Gasteiger partial charge on any atom is 0.0665 e. The Morgan fingerprint density at radius 1 is 1.50 bits per heavy atom. The predicted octanol–water partition coefficient (Wildman–Crippen LogP) is 1.17. The maximum atomic E-state index is 5.63. The van der Waals surface area contributed by atoms with Gasteiger partial charge in [-0.15, -0.1) is 0 Å². The average Bonchev–Trinajstić information content (AvgIpc) is 2.16. The fourth-order valence-electron chi connectivity index (χ4n) is 0.713. The highest BCUT2D eigenvalue weighted by molar-refractivity contribution is 5.32. The van der Waals surface area contributed by atoms with E-state index in [1.807, 2.05) is 19.1 Å². The van der Waals surface area contributed by atoms with Crippen molar-refractivity contribution in [2.75, 3.05) is 0 Å². The summed E-state index contributed by atoms with van der Waals surface area (Å²) in [4.78, 5) is 3.89. The second-order valence-electron chi connectivity index (χ2n) is 2.52. The fourth-order valence-corrected chi connectivity index (χ4v) is 0.713. The molecule has 1 aromatic rings. The molecule has 0 aliphatic heterocycles. The van der Waals surface area contributed by atoms with Crippen LogP contribution in [0.15, 0.2) is 24.5 Å². The van der Waals surface area contributed by atoms with Crippen LogP contribution < -0.4 is 5.73 Å². The van der Waals surface area contributed by atoms with E-state index in [0.29, 0.717) is 0 Å². The Hall–Kier alpha value is -1.33. The van der Waals surface area contributed by atoms with Gasteiger partial charge in [-0.05, 0) is 18.6 Å². The summed E-state index contributed by atoms with van der Waals surface area (Å²) in [7, 11) is 0. The van der Waals surface area contributed by atoms with Crippen molar-refractivity contribution in [3.8, 4) is 11.8 Å². The number of pyridine rings is 1. The molecule has 0 radical (unpaired) electrons. The molecule has 0 saturated carbocycles. The van der Waals surface area contributed by atoms with Gasteiger partial charge in [-0.3, -0.25) is 4.98 Å². The topological polar surface area (TPSA) is 38.9 Å². The maximum absolute atomic E-state index is 5.63. The summed E-state index contributed by atoms with van der Waals surface area (Å²) < 4.78 is 0. The van der Waals surface area contributed by atoms with Crippen LogP contribution in [0.4, 0.5) is 0 Å². The minimum absolute atomic E-state index is 0.0156. The molecular formula is C10H12N2. The van der Waals surface area contributed by atoms with Crippen LogP contribution >= 0.6 is 0 Å². The van der Waals surface area contributed by atoms with Crippen LogP contribution in [0.5, 0.6) is 0 Å². The SMILES string of the molecule is CCC(N)C#Cc1ccncc1. The molecule has 0 aliphatic rings. The highest BCUT2D eigenvalue weighted by Crippen LogP contribution is 1.92. The molecule has 1 atom stereocenters. The predicted molar refractivity (Wildman–Crippen MR) is 49.4 cm³/mol. The molecule has 0 amide bonds. The van der Waals surface area contributed by atoms with Gasteiger partial charge in [0.1, 0.15) is 0 Å². The molecule has 1 unspecified atom stereocenters. The van der Waals surface area contributed by atoms with E-state index in [2.05, 4.69) is 16.8 Å². The molecule has 0 aliphatic carbocycles. The Balaban J connectivity index is 2.67. The first-order valence-electron chi connectivity index (χ1n) is 4.00. The zero-order valence-corrected chi connectivity index (χ0v) is 7.12. The highest BCUT2D eigenvalue weighted by Gasteiger charge is 1.89. The van der Waals surface area contributed by atoms with E-state index in [4.69, 9.17) is 5.73 Å². The molecule has 2 heteroatoms. The van der Waals surface area contributed by atoms with Crippen molar-refractivity contribution in [2.45, 2.75) is 19.4 Å². The Labute approximate surface area is 72.8 Å². The zero-order chi connectivity index (χ0) is 8.81. The summed E-state index contributed by atoms with van der Waals surface area (Å²) in [6, 6.07) is 3.73.